The highest BCUT2D eigenvalue weighted by molar-refractivity contribution is 6.12. The minimum atomic E-state index is -5.23. The Balaban J connectivity index is 1.20. The molecule has 12 rings (SSSR count). The monoisotopic (exact) mass is 1090 g/mol. The van der Waals surface area contributed by atoms with Crippen molar-refractivity contribution in [3.63, 3.8) is 0 Å². The number of hydrogen-bond donors (Lipinski definition) is 0. The van der Waals surface area contributed by atoms with Crippen molar-refractivity contribution >= 4 is 43.6 Å². The summed E-state index contributed by atoms with van der Waals surface area (Å²) in [6, 6.07) is 51.0. The number of hydrogen-bond acceptors (Lipinski definition) is 3. The third kappa shape index (κ3) is 8.92. The lowest BCUT2D eigenvalue weighted by Gasteiger charge is -2.20. The first-order valence-electron chi connectivity index (χ1n) is 24.4. The third-order valence-corrected chi connectivity index (χ3v) is 14.1. The van der Waals surface area contributed by atoms with Crippen LogP contribution < -0.4 is 0 Å². The zero-order valence-electron chi connectivity index (χ0n) is 40.8. The van der Waals surface area contributed by atoms with Gasteiger partial charge in [0, 0.05) is 38.2 Å². The van der Waals surface area contributed by atoms with Crippen LogP contribution in [0.3, 0.4) is 0 Å². The first-order valence-corrected chi connectivity index (χ1v) is 24.4. The van der Waals surface area contributed by atoms with Gasteiger partial charge in [0.15, 0.2) is 5.82 Å². The lowest BCUT2D eigenvalue weighted by molar-refractivity contribution is -0.144. The smallest absolute Gasteiger partial charge is 0.308 e. The van der Waals surface area contributed by atoms with Gasteiger partial charge in [0.05, 0.1) is 67.1 Å². The predicted molar refractivity (Wildman–Crippen MR) is 283 cm³/mol. The SMILES string of the molecule is N#Cc1c(-n2c3ccccc3c3ccc(-c4ccc(C(F)(F)F)cc4C(F)(F)F)cc32)cc(-c2cc(-c3ccccc3)nc(-c3ccccc3)n2)cc1-n1c2ccccc2c2ccc(-c3ccc(C(F)(F)F)cc3C(F)(F)F)cc21. The standard InChI is InChI=1S/C63H33F12N5/c64-60(65,66)40-21-25-42(49(31-40)62(70,71)72)37-19-23-46-44-15-7-9-17-53(44)79(55(46)27-37)57-29-39(52-33-51(35-11-3-1-4-12-35)77-59(78-52)36-13-5-2-6-14-36)30-58(48(57)34-76)80-54-18-10-8-16-45(54)47-24-20-38(28-56(47)80)43-26-22-41(61(67,68)69)32-50(43)63(73,74)75/h1-33H. The topological polar surface area (TPSA) is 59.4 Å². The van der Waals surface area contributed by atoms with Crippen LogP contribution in [-0.4, -0.2) is 19.1 Å². The van der Waals surface area contributed by atoms with Gasteiger partial charge in [-0.3, -0.25) is 0 Å². The Morgan fingerprint density at radius 2 is 0.738 bits per heavy atom. The van der Waals surface area contributed by atoms with Gasteiger partial charge in [0.1, 0.15) is 11.6 Å². The zero-order valence-corrected chi connectivity index (χ0v) is 40.8. The molecule has 0 N–H and O–H groups in total. The van der Waals surface area contributed by atoms with Gasteiger partial charge >= 0.3 is 24.7 Å². The molecule has 0 amide bonds. The molecule has 5 nitrogen and oxygen atoms in total. The maximum atomic E-state index is 14.8. The lowest BCUT2D eigenvalue weighted by atomic mass is 9.95. The molecule has 0 bridgehead atoms. The van der Waals surface area contributed by atoms with Crippen molar-refractivity contribution in [2.24, 2.45) is 0 Å². The summed E-state index contributed by atoms with van der Waals surface area (Å²) in [5.41, 5.74) is -3.32. The van der Waals surface area contributed by atoms with Crippen LogP contribution in [0.15, 0.2) is 200 Å². The van der Waals surface area contributed by atoms with Gasteiger partial charge in [0.25, 0.3) is 0 Å². The molecule has 0 aliphatic rings. The molecular formula is C63H33F12N5. The van der Waals surface area contributed by atoms with E-state index in [0.717, 1.165) is 12.1 Å². The summed E-state index contributed by atoms with van der Waals surface area (Å²) in [5, 5.41) is 13.8. The summed E-state index contributed by atoms with van der Waals surface area (Å²) in [6.07, 6.45) is -20.6. The van der Waals surface area contributed by atoms with E-state index in [9.17, 15) is 57.9 Å². The van der Waals surface area contributed by atoms with Crippen LogP contribution in [-0.2, 0) is 24.7 Å². The molecule has 0 aliphatic carbocycles. The van der Waals surface area contributed by atoms with Crippen molar-refractivity contribution in [3.8, 4) is 73.6 Å². The Morgan fingerprint density at radius 1 is 0.338 bits per heavy atom. The van der Waals surface area contributed by atoms with Crippen molar-refractivity contribution < 1.29 is 52.7 Å². The highest BCUT2D eigenvalue weighted by Gasteiger charge is 2.40. The summed E-state index contributed by atoms with van der Waals surface area (Å²) >= 11 is 0. The molecule has 0 saturated heterocycles. The van der Waals surface area contributed by atoms with Crippen molar-refractivity contribution in [2.75, 3.05) is 0 Å². The first-order chi connectivity index (χ1) is 38.2. The molecule has 394 valence electrons. The number of fused-ring (bicyclic) bond motifs is 6. The van der Waals surface area contributed by atoms with Crippen LogP contribution >= 0.6 is 0 Å². The summed E-state index contributed by atoms with van der Waals surface area (Å²) in [5.74, 6) is 0.298. The second-order valence-corrected chi connectivity index (χ2v) is 18.9. The number of benzene rings is 9. The van der Waals surface area contributed by atoms with Crippen LogP contribution in [0, 0.1) is 11.3 Å². The molecule has 80 heavy (non-hydrogen) atoms. The van der Waals surface area contributed by atoms with E-state index in [0.29, 0.717) is 78.6 Å². The van der Waals surface area contributed by atoms with Crippen molar-refractivity contribution in [3.05, 3.63) is 228 Å². The van der Waals surface area contributed by atoms with Gasteiger partial charge < -0.3 is 9.13 Å². The highest BCUT2D eigenvalue weighted by Crippen LogP contribution is 2.47. The molecule has 0 atom stereocenters. The maximum absolute atomic E-state index is 14.8. The summed E-state index contributed by atoms with van der Waals surface area (Å²) in [7, 11) is 0. The Bertz CT molecular complexity index is 4210. The molecule has 9 aromatic carbocycles. The van der Waals surface area contributed by atoms with Gasteiger partial charge in [0.2, 0.25) is 0 Å². The van der Waals surface area contributed by atoms with Gasteiger partial charge in [-0.2, -0.15) is 57.9 Å². The molecular weight excluding hydrogens is 1050 g/mol. The normalized spacial score (nSPS) is 12.5. The van der Waals surface area contributed by atoms with E-state index in [1.54, 1.807) is 88.0 Å². The molecule has 0 saturated carbocycles. The third-order valence-electron chi connectivity index (χ3n) is 14.1. The fourth-order valence-electron chi connectivity index (χ4n) is 10.5. The summed E-state index contributed by atoms with van der Waals surface area (Å²) < 4.78 is 176. The number of nitriles is 1. The molecule has 17 heteroatoms. The van der Waals surface area contributed by atoms with Crippen molar-refractivity contribution in [1.29, 1.82) is 5.26 Å². The fourth-order valence-corrected chi connectivity index (χ4v) is 10.5. The summed E-state index contributed by atoms with van der Waals surface area (Å²) in [4.78, 5) is 10.0. The van der Waals surface area contributed by atoms with Gasteiger partial charge in [-0.1, -0.05) is 133 Å². The zero-order chi connectivity index (χ0) is 56.0. The van der Waals surface area contributed by atoms with E-state index in [2.05, 4.69) is 6.07 Å². The van der Waals surface area contributed by atoms with E-state index >= 15 is 0 Å². The highest BCUT2D eigenvalue weighted by atomic mass is 19.4. The molecule has 0 unspecified atom stereocenters. The van der Waals surface area contributed by atoms with E-state index in [4.69, 9.17) is 9.97 Å². The predicted octanol–water partition coefficient (Wildman–Crippen LogP) is 19.0. The minimum Gasteiger partial charge on any atom is -0.308 e. The molecule has 3 aromatic heterocycles. The lowest BCUT2D eigenvalue weighted by Crippen LogP contribution is -2.12. The Labute approximate surface area is 445 Å². The average Bonchev–Trinajstić information content (AvgIpc) is 4.19. The average molecular weight is 1090 g/mol. The largest absolute Gasteiger partial charge is 0.417 e. The quantitative estimate of drug-likeness (QED) is 0.149. The number of alkyl halides is 12. The Kier molecular flexibility index (Phi) is 12.0. The first kappa shape index (κ1) is 51.1. The van der Waals surface area contributed by atoms with E-state index in [1.165, 1.54) is 24.3 Å². The van der Waals surface area contributed by atoms with Gasteiger partial charge in [-0.15, -0.1) is 0 Å². The van der Waals surface area contributed by atoms with Gasteiger partial charge in [-0.05, 0) is 89.0 Å². The number of nitrogens with zero attached hydrogens (tertiary/aromatic N) is 5. The minimum absolute atomic E-state index is 0.0619. The van der Waals surface area contributed by atoms with Crippen molar-refractivity contribution in [2.45, 2.75) is 24.7 Å². The van der Waals surface area contributed by atoms with Crippen LogP contribution in [0.5, 0.6) is 0 Å². The Hall–Kier alpha value is -9.69. The Morgan fingerprint density at radius 3 is 1.16 bits per heavy atom. The van der Waals surface area contributed by atoms with E-state index in [1.807, 2.05) is 60.7 Å². The molecule has 3 heterocycles. The van der Waals surface area contributed by atoms with Gasteiger partial charge in [-0.25, -0.2) is 9.97 Å². The number of para-hydroxylation sites is 2. The molecule has 12 aromatic rings. The molecule has 0 aliphatic heterocycles. The van der Waals surface area contributed by atoms with Crippen LogP contribution in [0.2, 0.25) is 0 Å². The maximum Gasteiger partial charge on any atom is 0.417 e. The second-order valence-electron chi connectivity index (χ2n) is 18.9. The number of aromatic nitrogens is 4. The molecule has 0 radical (unpaired) electrons. The van der Waals surface area contributed by atoms with Crippen LogP contribution in [0.25, 0.3) is 111 Å². The second kappa shape index (κ2) is 18.8. The summed E-state index contributed by atoms with van der Waals surface area (Å²) in [6.45, 7) is 0. The van der Waals surface area contributed by atoms with Crippen LogP contribution in [0.4, 0.5) is 52.7 Å². The molecule has 0 fully saturated rings. The fraction of sp³-hybridized carbons (Fsp3) is 0.0635. The number of rotatable bonds is 7. The van der Waals surface area contributed by atoms with Crippen molar-refractivity contribution in [1.82, 2.24) is 19.1 Å². The van der Waals surface area contributed by atoms with Crippen LogP contribution in [0.1, 0.15) is 27.8 Å². The van der Waals surface area contributed by atoms with E-state index < -0.39 is 58.1 Å². The molecule has 0 spiro atoms. The number of halogens is 12. The van der Waals surface area contributed by atoms with E-state index in [-0.39, 0.29) is 51.2 Å².